The average molecular weight is 371 g/mol. The fourth-order valence-electron chi connectivity index (χ4n) is 6.00. The Hall–Kier alpha value is -0.850. The lowest BCUT2D eigenvalue weighted by atomic mass is 9.53. The highest BCUT2D eigenvalue weighted by Crippen LogP contribution is 2.55. The van der Waals surface area contributed by atoms with Crippen LogP contribution in [0.2, 0.25) is 0 Å². The molecule has 4 bridgehead atoms. The molecule has 0 spiro atoms. The van der Waals surface area contributed by atoms with E-state index in [0.29, 0.717) is 12.6 Å². The zero-order valence-corrected chi connectivity index (χ0v) is 15.9. The molecule has 0 aromatic carbocycles. The van der Waals surface area contributed by atoms with E-state index < -0.39 is 0 Å². The van der Waals surface area contributed by atoms with Crippen molar-refractivity contribution in [2.45, 2.75) is 57.0 Å². The highest BCUT2D eigenvalue weighted by molar-refractivity contribution is 5.95. The normalized spacial score (nSPS) is 39.6. The molecular weight excluding hydrogens is 340 g/mol. The first kappa shape index (κ1) is 18.9. The number of carbonyl (C=O) groups is 2. The van der Waals surface area contributed by atoms with Gasteiger partial charge in [-0.15, -0.1) is 12.4 Å². The predicted molar refractivity (Wildman–Crippen MR) is 98.7 cm³/mol. The van der Waals surface area contributed by atoms with Gasteiger partial charge in [-0.3, -0.25) is 15.0 Å². The van der Waals surface area contributed by atoms with Gasteiger partial charge in [0.25, 0.3) is 0 Å². The van der Waals surface area contributed by atoms with Gasteiger partial charge in [0.1, 0.15) is 0 Å². The number of urea groups is 1. The quantitative estimate of drug-likeness (QED) is 0.703. The Balaban J connectivity index is 0.00000182. The van der Waals surface area contributed by atoms with Crippen molar-refractivity contribution in [3.8, 4) is 0 Å². The van der Waals surface area contributed by atoms with Crippen LogP contribution in [0, 0.1) is 17.8 Å². The Morgan fingerprint density at radius 3 is 2.28 bits per heavy atom. The molecule has 4 aliphatic carbocycles. The molecule has 0 radical (unpaired) electrons. The molecule has 1 aliphatic heterocycles. The molecule has 142 valence electrons. The van der Waals surface area contributed by atoms with E-state index in [1.54, 1.807) is 0 Å². The van der Waals surface area contributed by atoms with Gasteiger partial charge in [0.2, 0.25) is 5.91 Å². The molecule has 5 aliphatic rings. The van der Waals surface area contributed by atoms with E-state index in [0.717, 1.165) is 56.7 Å². The first-order chi connectivity index (χ1) is 11.5. The smallest absolute Gasteiger partial charge is 0.321 e. The van der Waals surface area contributed by atoms with Crippen molar-refractivity contribution in [1.29, 1.82) is 0 Å². The van der Waals surface area contributed by atoms with Crippen molar-refractivity contribution >= 4 is 24.3 Å². The van der Waals surface area contributed by atoms with Crippen molar-refractivity contribution < 1.29 is 9.59 Å². The lowest BCUT2D eigenvalue weighted by molar-refractivity contribution is -0.121. The summed E-state index contributed by atoms with van der Waals surface area (Å²) >= 11 is 0. The number of carbonyl (C=O) groups excluding carboxylic acids is 2. The summed E-state index contributed by atoms with van der Waals surface area (Å²) in [5.74, 6) is 2.17. The summed E-state index contributed by atoms with van der Waals surface area (Å²) in [5, 5.41) is 9.09. The zero-order chi connectivity index (χ0) is 16.7. The fraction of sp³-hybridized carbons (Fsp3) is 0.889. The monoisotopic (exact) mass is 370 g/mol. The number of imide groups is 1. The topological polar surface area (TPSA) is 73.5 Å². The fourth-order valence-corrected chi connectivity index (χ4v) is 6.00. The maximum absolute atomic E-state index is 12.4. The van der Waals surface area contributed by atoms with Crippen molar-refractivity contribution in [3.05, 3.63) is 0 Å². The Labute approximate surface area is 156 Å². The van der Waals surface area contributed by atoms with Crippen LogP contribution in [-0.2, 0) is 4.79 Å². The van der Waals surface area contributed by atoms with Gasteiger partial charge in [-0.05, 0) is 63.2 Å². The zero-order valence-electron chi connectivity index (χ0n) is 15.1. The van der Waals surface area contributed by atoms with Gasteiger partial charge in [0.15, 0.2) is 0 Å². The first-order valence-electron chi connectivity index (χ1n) is 9.58. The summed E-state index contributed by atoms with van der Waals surface area (Å²) in [6.45, 7) is 5.06. The summed E-state index contributed by atoms with van der Waals surface area (Å²) in [4.78, 5) is 26.7. The Kier molecular flexibility index (Phi) is 5.61. The number of piperazine rings is 1. The van der Waals surface area contributed by atoms with Gasteiger partial charge < -0.3 is 10.6 Å². The summed E-state index contributed by atoms with van der Waals surface area (Å²) < 4.78 is 0. The van der Waals surface area contributed by atoms with Crippen LogP contribution in [0.1, 0.15) is 45.4 Å². The minimum absolute atomic E-state index is 0. The molecule has 0 unspecified atom stereocenters. The van der Waals surface area contributed by atoms with Crippen molar-refractivity contribution in [3.63, 3.8) is 0 Å². The summed E-state index contributed by atoms with van der Waals surface area (Å²) in [6, 6.07) is 0.0421. The Morgan fingerprint density at radius 2 is 1.72 bits per heavy atom. The summed E-state index contributed by atoms with van der Waals surface area (Å²) in [7, 11) is 0. The van der Waals surface area contributed by atoms with Gasteiger partial charge in [0.05, 0.1) is 6.54 Å². The lowest BCUT2D eigenvalue weighted by Gasteiger charge is -2.56. The minimum atomic E-state index is -0.287. The van der Waals surface area contributed by atoms with Crippen molar-refractivity contribution in [1.82, 2.24) is 20.9 Å². The molecule has 25 heavy (non-hydrogen) atoms. The largest absolute Gasteiger partial charge is 0.332 e. The standard InChI is InChI=1S/C18H30N4O2.ClH/c1-12-10-19-2-3-22(12)11-16(23)20-17(24)21-18-7-13-4-14(8-18)6-15(5-13)9-18;/h12-15,19H,2-11H2,1H3,(H2,20,21,23,24);1H/t12-,13?,14?,15?,18?;/m1./s1. The van der Waals surface area contributed by atoms with E-state index in [1.807, 2.05) is 0 Å². The second kappa shape index (κ2) is 7.41. The SMILES string of the molecule is C[C@@H]1CNCCN1CC(=O)NC(=O)NC12CC3CC(CC(C3)C1)C2.Cl. The van der Waals surface area contributed by atoms with Gasteiger partial charge in [-0.25, -0.2) is 4.79 Å². The molecule has 7 heteroatoms. The van der Waals surface area contributed by atoms with E-state index in [4.69, 9.17) is 0 Å². The van der Waals surface area contributed by atoms with Crippen LogP contribution in [0.5, 0.6) is 0 Å². The Morgan fingerprint density at radius 1 is 1.12 bits per heavy atom. The molecule has 1 heterocycles. The van der Waals surface area contributed by atoms with Crippen LogP contribution in [-0.4, -0.2) is 54.6 Å². The molecule has 3 amide bonds. The molecule has 0 aromatic rings. The third-order valence-electron chi connectivity index (χ3n) is 6.66. The molecule has 5 rings (SSSR count). The van der Waals surface area contributed by atoms with Crippen LogP contribution >= 0.6 is 12.4 Å². The highest BCUT2D eigenvalue weighted by atomic mass is 35.5. The molecule has 1 atom stereocenters. The van der Waals surface area contributed by atoms with Crippen LogP contribution < -0.4 is 16.0 Å². The van der Waals surface area contributed by atoms with Crippen molar-refractivity contribution in [2.75, 3.05) is 26.2 Å². The minimum Gasteiger partial charge on any atom is -0.332 e. The maximum Gasteiger partial charge on any atom is 0.321 e. The van der Waals surface area contributed by atoms with Crippen molar-refractivity contribution in [2.24, 2.45) is 17.8 Å². The third kappa shape index (κ3) is 4.12. The molecular formula is C18H31ClN4O2. The second-order valence-electron chi connectivity index (χ2n) is 8.72. The summed E-state index contributed by atoms with van der Waals surface area (Å²) in [5.41, 5.74) is -0.0402. The van der Waals surface area contributed by atoms with E-state index >= 15 is 0 Å². The number of nitrogens with one attached hydrogen (secondary N) is 3. The number of nitrogens with zero attached hydrogens (tertiary/aromatic N) is 1. The van der Waals surface area contributed by atoms with E-state index in [1.165, 1.54) is 19.3 Å². The number of hydrogen-bond acceptors (Lipinski definition) is 4. The van der Waals surface area contributed by atoms with Crippen LogP contribution in [0.15, 0.2) is 0 Å². The van der Waals surface area contributed by atoms with Crippen LogP contribution in [0.25, 0.3) is 0 Å². The molecule has 5 fully saturated rings. The number of amides is 3. The number of rotatable bonds is 3. The van der Waals surface area contributed by atoms with Gasteiger partial charge in [-0.2, -0.15) is 0 Å². The maximum atomic E-state index is 12.4. The molecule has 0 aromatic heterocycles. The Bertz CT molecular complexity index is 492. The summed E-state index contributed by atoms with van der Waals surface area (Å²) in [6.07, 6.45) is 7.37. The van der Waals surface area contributed by atoms with Crippen LogP contribution in [0.3, 0.4) is 0 Å². The van der Waals surface area contributed by atoms with Gasteiger partial charge in [-0.1, -0.05) is 0 Å². The number of hydrogen-bond donors (Lipinski definition) is 3. The first-order valence-corrected chi connectivity index (χ1v) is 9.58. The molecule has 4 saturated carbocycles. The third-order valence-corrected chi connectivity index (χ3v) is 6.66. The number of halogens is 1. The molecule has 3 N–H and O–H groups in total. The van der Waals surface area contributed by atoms with Crippen LogP contribution in [0.4, 0.5) is 4.79 Å². The van der Waals surface area contributed by atoms with E-state index in [2.05, 4.69) is 27.8 Å². The van der Waals surface area contributed by atoms with Gasteiger partial charge >= 0.3 is 6.03 Å². The average Bonchev–Trinajstić information content (AvgIpc) is 2.47. The second-order valence-corrected chi connectivity index (χ2v) is 8.72. The molecule has 6 nitrogen and oxygen atoms in total. The highest BCUT2D eigenvalue weighted by Gasteiger charge is 2.51. The van der Waals surface area contributed by atoms with E-state index in [9.17, 15) is 9.59 Å². The van der Waals surface area contributed by atoms with E-state index in [-0.39, 0.29) is 29.9 Å². The lowest BCUT2D eigenvalue weighted by Crippen LogP contribution is -2.62. The predicted octanol–water partition coefficient (Wildman–Crippen LogP) is 1.50. The van der Waals surface area contributed by atoms with Gasteiger partial charge in [0, 0.05) is 31.2 Å². The molecule has 1 saturated heterocycles.